The molecule has 2 aromatic heterocycles. The highest BCUT2D eigenvalue weighted by Gasteiger charge is 1.99. The number of aromatic nitrogens is 3. The first-order valence-electron chi connectivity index (χ1n) is 2.91. The van der Waals surface area contributed by atoms with E-state index in [-0.39, 0.29) is 0 Å². The fourth-order valence-corrected chi connectivity index (χ4v) is 1.44. The number of pyridine rings is 1. The third-order valence-corrected chi connectivity index (χ3v) is 2.04. The van der Waals surface area contributed by atoms with Crippen molar-refractivity contribution >= 4 is 21.7 Å². The Bertz CT molecular complexity index is 355. The normalized spacial score (nSPS) is 10.5. The van der Waals surface area contributed by atoms with E-state index in [0.29, 0.717) is 0 Å². The molecular formula is C6H5N3S. The van der Waals surface area contributed by atoms with Crippen molar-refractivity contribution in [1.29, 1.82) is 0 Å². The highest BCUT2D eigenvalue weighted by molar-refractivity contribution is 7.12. The lowest BCUT2D eigenvalue weighted by molar-refractivity contribution is 1.15. The molecule has 50 valence electrons. The second kappa shape index (κ2) is 1.98. The van der Waals surface area contributed by atoms with Crippen molar-refractivity contribution in [1.82, 2.24) is 14.6 Å². The Hall–Kier alpha value is -1.03. The lowest BCUT2D eigenvalue weighted by atomic mass is 10.3. The molecule has 4 heteroatoms. The molecule has 0 unspecified atom stereocenters. The molecule has 0 fully saturated rings. The minimum Gasteiger partial charge on any atom is -0.259 e. The van der Waals surface area contributed by atoms with Crippen LogP contribution < -0.4 is 0 Å². The monoisotopic (exact) mass is 151 g/mol. The summed E-state index contributed by atoms with van der Waals surface area (Å²) in [6.07, 6.45) is 1.78. The van der Waals surface area contributed by atoms with E-state index in [1.54, 1.807) is 6.20 Å². The van der Waals surface area contributed by atoms with Crippen LogP contribution in [0.4, 0.5) is 0 Å². The molecule has 10 heavy (non-hydrogen) atoms. The summed E-state index contributed by atoms with van der Waals surface area (Å²) in [4.78, 5) is 4.08. The molecule has 0 aromatic carbocycles. The third-order valence-electron chi connectivity index (χ3n) is 1.35. The van der Waals surface area contributed by atoms with Crippen molar-refractivity contribution in [3.8, 4) is 0 Å². The largest absolute Gasteiger partial charge is 0.259 e. The molecule has 0 saturated heterocycles. The van der Waals surface area contributed by atoms with Gasteiger partial charge in [-0.15, -0.1) is 5.10 Å². The number of nitrogens with zero attached hydrogens (tertiary/aromatic N) is 3. The molecule has 0 N–H and O–H groups in total. The van der Waals surface area contributed by atoms with Crippen LogP contribution in [0.5, 0.6) is 0 Å². The molecule has 0 aliphatic heterocycles. The van der Waals surface area contributed by atoms with Crippen LogP contribution in [0.3, 0.4) is 0 Å². The SMILES string of the molecule is Cc1nccc2snnc12. The summed E-state index contributed by atoms with van der Waals surface area (Å²) in [5, 5.41) is 3.92. The minimum atomic E-state index is 0.924. The fourth-order valence-electron chi connectivity index (χ4n) is 0.836. The second-order valence-electron chi connectivity index (χ2n) is 2.02. The molecule has 0 bridgehead atoms. The maximum atomic E-state index is 4.08. The van der Waals surface area contributed by atoms with E-state index in [1.807, 2.05) is 13.0 Å². The Morgan fingerprint density at radius 3 is 3.20 bits per heavy atom. The first kappa shape index (κ1) is 5.73. The summed E-state index contributed by atoms with van der Waals surface area (Å²) in [6.45, 7) is 1.93. The maximum Gasteiger partial charge on any atom is 0.127 e. The highest BCUT2D eigenvalue weighted by Crippen LogP contribution is 2.15. The van der Waals surface area contributed by atoms with E-state index in [0.717, 1.165) is 15.9 Å². The van der Waals surface area contributed by atoms with Gasteiger partial charge in [0.2, 0.25) is 0 Å². The summed E-state index contributed by atoms with van der Waals surface area (Å²) >= 11 is 1.40. The fraction of sp³-hybridized carbons (Fsp3) is 0.167. The van der Waals surface area contributed by atoms with Crippen LogP contribution in [0, 0.1) is 6.92 Å². The van der Waals surface area contributed by atoms with Crippen molar-refractivity contribution in [3.63, 3.8) is 0 Å². The van der Waals surface area contributed by atoms with E-state index >= 15 is 0 Å². The second-order valence-corrected chi connectivity index (χ2v) is 2.80. The summed E-state index contributed by atoms with van der Waals surface area (Å²) in [7, 11) is 0. The van der Waals surface area contributed by atoms with Gasteiger partial charge in [0, 0.05) is 6.20 Å². The smallest absolute Gasteiger partial charge is 0.127 e. The van der Waals surface area contributed by atoms with Crippen molar-refractivity contribution in [2.45, 2.75) is 6.92 Å². The molecule has 0 amide bonds. The number of hydrogen-bond donors (Lipinski definition) is 0. The van der Waals surface area contributed by atoms with Crippen LogP contribution in [0.25, 0.3) is 10.2 Å². The van der Waals surface area contributed by atoms with E-state index in [9.17, 15) is 0 Å². The van der Waals surface area contributed by atoms with Crippen LogP contribution in [-0.2, 0) is 0 Å². The average Bonchev–Trinajstić information content (AvgIpc) is 2.36. The predicted octanol–water partition coefficient (Wildman–Crippen LogP) is 1.39. The summed E-state index contributed by atoms with van der Waals surface area (Å²) < 4.78 is 4.92. The van der Waals surface area contributed by atoms with Gasteiger partial charge in [0.05, 0.1) is 10.4 Å². The van der Waals surface area contributed by atoms with Gasteiger partial charge < -0.3 is 0 Å². The van der Waals surface area contributed by atoms with Gasteiger partial charge in [-0.1, -0.05) is 4.49 Å². The number of fused-ring (bicyclic) bond motifs is 1. The van der Waals surface area contributed by atoms with E-state index in [2.05, 4.69) is 14.6 Å². The Labute approximate surface area is 61.9 Å². The molecule has 0 aliphatic carbocycles. The molecule has 0 saturated carbocycles. The van der Waals surface area contributed by atoms with Gasteiger partial charge in [-0.25, -0.2) is 0 Å². The highest BCUT2D eigenvalue weighted by atomic mass is 32.1. The summed E-state index contributed by atoms with van der Waals surface area (Å²) in [6, 6.07) is 1.92. The molecule has 0 atom stereocenters. The van der Waals surface area contributed by atoms with Gasteiger partial charge >= 0.3 is 0 Å². The zero-order valence-corrected chi connectivity index (χ0v) is 6.22. The molecule has 2 heterocycles. The number of rotatable bonds is 0. The molecule has 2 rings (SSSR count). The summed E-state index contributed by atoms with van der Waals surface area (Å²) in [5.74, 6) is 0. The van der Waals surface area contributed by atoms with Gasteiger partial charge in [0.25, 0.3) is 0 Å². The Kier molecular flexibility index (Phi) is 1.14. The van der Waals surface area contributed by atoms with Crippen molar-refractivity contribution in [3.05, 3.63) is 18.0 Å². The van der Waals surface area contributed by atoms with Gasteiger partial charge in [-0.2, -0.15) is 0 Å². The standard InChI is InChI=1S/C6H5N3S/c1-4-6-5(2-3-7-4)10-9-8-6/h2-3H,1H3. The predicted molar refractivity (Wildman–Crippen MR) is 39.9 cm³/mol. The van der Waals surface area contributed by atoms with E-state index in [4.69, 9.17) is 0 Å². The molecule has 0 aliphatic rings. The van der Waals surface area contributed by atoms with Crippen molar-refractivity contribution < 1.29 is 0 Å². The molecule has 2 aromatic rings. The lowest BCUT2D eigenvalue weighted by Gasteiger charge is -1.87. The third kappa shape index (κ3) is 0.690. The first-order chi connectivity index (χ1) is 4.88. The zero-order valence-electron chi connectivity index (χ0n) is 5.40. The summed E-state index contributed by atoms with van der Waals surface area (Å²) in [5.41, 5.74) is 1.87. The van der Waals surface area contributed by atoms with E-state index in [1.165, 1.54) is 11.5 Å². The quantitative estimate of drug-likeness (QED) is 0.571. The molecule has 0 spiro atoms. The average molecular weight is 151 g/mol. The zero-order chi connectivity index (χ0) is 6.97. The topological polar surface area (TPSA) is 38.7 Å². The van der Waals surface area contributed by atoms with Crippen molar-refractivity contribution in [2.75, 3.05) is 0 Å². The van der Waals surface area contributed by atoms with Crippen LogP contribution in [0.15, 0.2) is 12.3 Å². The minimum absolute atomic E-state index is 0.924. The van der Waals surface area contributed by atoms with Gasteiger partial charge in [-0.05, 0) is 24.5 Å². The number of aryl methyl sites for hydroxylation is 1. The Morgan fingerprint density at radius 2 is 2.40 bits per heavy atom. The van der Waals surface area contributed by atoms with Gasteiger partial charge in [-0.3, -0.25) is 4.98 Å². The molecule has 3 nitrogen and oxygen atoms in total. The Balaban J connectivity index is 2.95. The van der Waals surface area contributed by atoms with Crippen LogP contribution in [-0.4, -0.2) is 14.6 Å². The molecular weight excluding hydrogens is 146 g/mol. The Morgan fingerprint density at radius 1 is 1.50 bits per heavy atom. The van der Waals surface area contributed by atoms with Crippen LogP contribution >= 0.6 is 11.5 Å². The van der Waals surface area contributed by atoms with Crippen LogP contribution in [0.1, 0.15) is 5.69 Å². The van der Waals surface area contributed by atoms with E-state index < -0.39 is 0 Å². The maximum absolute atomic E-state index is 4.08. The first-order valence-corrected chi connectivity index (χ1v) is 3.69. The number of hydrogen-bond acceptors (Lipinski definition) is 4. The molecule has 0 radical (unpaired) electrons. The van der Waals surface area contributed by atoms with Gasteiger partial charge in [0.1, 0.15) is 5.52 Å². The van der Waals surface area contributed by atoms with Crippen LogP contribution in [0.2, 0.25) is 0 Å². The van der Waals surface area contributed by atoms with Crippen molar-refractivity contribution in [2.24, 2.45) is 0 Å². The lowest BCUT2D eigenvalue weighted by Crippen LogP contribution is -1.80. The van der Waals surface area contributed by atoms with Gasteiger partial charge in [0.15, 0.2) is 0 Å².